The average molecular weight is 416 g/mol. The number of rotatable bonds is 1. The van der Waals surface area contributed by atoms with Crippen molar-refractivity contribution in [1.82, 2.24) is 20.4 Å². The molecule has 0 atom stereocenters. The molecule has 1 radical (unpaired) electrons. The minimum Gasteiger partial charge on any atom is -1.00 e. The Kier molecular flexibility index (Phi) is 22.6. The van der Waals surface area contributed by atoms with Crippen LogP contribution in [0.5, 0.6) is 0 Å². The van der Waals surface area contributed by atoms with Crippen molar-refractivity contribution in [2.45, 2.75) is 32.6 Å². The molecular formula is C16H33Cl2N4OTi. The van der Waals surface area contributed by atoms with E-state index < -0.39 is 0 Å². The van der Waals surface area contributed by atoms with Crippen LogP contribution in [0.3, 0.4) is 0 Å². The molecule has 24 heavy (non-hydrogen) atoms. The van der Waals surface area contributed by atoms with Gasteiger partial charge in [0.15, 0.2) is 0 Å². The molecule has 1 aliphatic rings. The van der Waals surface area contributed by atoms with Crippen molar-refractivity contribution in [1.29, 1.82) is 0 Å². The molecule has 1 rings (SSSR count). The molecule has 0 unspecified atom stereocenters. The first-order chi connectivity index (χ1) is 10.1. The van der Waals surface area contributed by atoms with Gasteiger partial charge in [0.05, 0.1) is 0 Å². The van der Waals surface area contributed by atoms with E-state index in [1.54, 1.807) is 6.92 Å². The summed E-state index contributed by atoms with van der Waals surface area (Å²) in [6.45, 7) is 8.94. The number of nitrogens with one attached hydrogen (secondary N) is 2. The maximum Gasteiger partial charge on any atom is 3.00 e. The number of carbonyl (C=O) groups is 1. The number of Topliss-reactive ketones (excluding diaryl/α,β-unsaturated/α-hetero) is 1. The predicted octanol–water partition coefficient (Wildman–Crippen LogP) is -5.27. The van der Waals surface area contributed by atoms with Crippen LogP contribution in [-0.4, -0.2) is 75.5 Å². The van der Waals surface area contributed by atoms with Crippen LogP contribution >= 0.6 is 0 Å². The van der Waals surface area contributed by atoms with Gasteiger partial charge in [-0.05, 0) is 86.1 Å². The molecule has 0 aromatic carbocycles. The summed E-state index contributed by atoms with van der Waals surface area (Å²) >= 11 is 0. The summed E-state index contributed by atoms with van der Waals surface area (Å²) in [7, 11) is 4.23. The van der Waals surface area contributed by atoms with E-state index in [1.807, 2.05) is 7.05 Å². The van der Waals surface area contributed by atoms with Gasteiger partial charge in [-0.25, -0.2) is 6.04 Å². The van der Waals surface area contributed by atoms with Gasteiger partial charge in [0, 0.05) is 5.78 Å². The van der Waals surface area contributed by atoms with Crippen LogP contribution in [0.25, 0.3) is 0 Å². The van der Waals surface area contributed by atoms with E-state index >= 15 is 0 Å². The minimum atomic E-state index is 0. The van der Waals surface area contributed by atoms with Crippen LogP contribution in [0.15, 0.2) is 0 Å². The average Bonchev–Trinajstić information content (AvgIpc) is 2.43. The number of ketones is 1. The van der Waals surface area contributed by atoms with E-state index in [0.717, 1.165) is 71.1 Å². The van der Waals surface area contributed by atoms with Crippen LogP contribution < -0.4 is 35.4 Å². The number of likely N-dealkylation sites (N-methyl/N-ethyl adjacent to an activating group) is 1. The summed E-state index contributed by atoms with van der Waals surface area (Å²) in [6, 6.07) is 0.954. The number of hydrogen-bond donors (Lipinski definition) is 2. The zero-order valence-electron chi connectivity index (χ0n) is 15.3. The Bertz CT molecular complexity index is 301. The molecule has 0 bridgehead atoms. The zero-order chi connectivity index (χ0) is 15.5. The fourth-order valence-electron chi connectivity index (χ4n) is 2.73. The van der Waals surface area contributed by atoms with Crippen molar-refractivity contribution >= 4 is 5.78 Å². The molecule has 0 amide bonds. The van der Waals surface area contributed by atoms with Crippen molar-refractivity contribution in [2.75, 3.05) is 59.9 Å². The first-order valence-electron chi connectivity index (χ1n) is 8.29. The molecule has 5 nitrogen and oxygen atoms in total. The van der Waals surface area contributed by atoms with Crippen LogP contribution in [-0.2, 0) is 26.5 Å². The smallest absolute Gasteiger partial charge is 1.00 e. The third kappa shape index (κ3) is 13.9. The van der Waals surface area contributed by atoms with Crippen molar-refractivity contribution < 1.29 is 51.3 Å². The van der Waals surface area contributed by atoms with E-state index in [9.17, 15) is 4.79 Å². The molecule has 0 aromatic heterocycles. The second kappa shape index (κ2) is 18.5. The van der Waals surface area contributed by atoms with Crippen LogP contribution in [0.4, 0.5) is 0 Å². The Morgan fingerprint density at radius 1 is 0.875 bits per heavy atom. The minimum absolute atomic E-state index is 0. The molecule has 8 heteroatoms. The Labute approximate surface area is 175 Å². The summed E-state index contributed by atoms with van der Waals surface area (Å²) < 4.78 is 0. The third-order valence-electron chi connectivity index (χ3n) is 4.04. The van der Waals surface area contributed by atoms with E-state index in [0.29, 0.717) is 0 Å². The third-order valence-corrected chi connectivity index (χ3v) is 4.04. The molecule has 2 N–H and O–H groups in total. The Morgan fingerprint density at radius 2 is 1.42 bits per heavy atom. The Morgan fingerprint density at radius 3 is 2.04 bits per heavy atom. The van der Waals surface area contributed by atoms with Gasteiger partial charge in [0.25, 0.3) is 0 Å². The van der Waals surface area contributed by atoms with Crippen molar-refractivity contribution in [3.63, 3.8) is 0 Å². The normalized spacial score (nSPS) is 20.2. The largest absolute Gasteiger partial charge is 3.00 e. The van der Waals surface area contributed by atoms with E-state index in [-0.39, 0.29) is 52.3 Å². The Hall–Kier alpha value is 0.674. The molecule has 0 saturated carbocycles. The summed E-state index contributed by atoms with van der Waals surface area (Å²) in [6.07, 6.45) is 4.27. The van der Waals surface area contributed by atoms with Gasteiger partial charge < -0.3 is 50.0 Å². The number of hydrogen-bond acceptors (Lipinski definition) is 5. The van der Waals surface area contributed by atoms with E-state index in [1.165, 1.54) is 6.42 Å². The summed E-state index contributed by atoms with van der Waals surface area (Å²) in [4.78, 5) is 16.3. The zero-order valence-corrected chi connectivity index (χ0v) is 18.4. The summed E-state index contributed by atoms with van der Waals surface area (Å²) in [5.41, 5.74) is 0. The summed E-state index contributed by atoms with van der Waals surface area (Å²) in [5, 5.41) is 6.92. The van der Waals surface area contributed by atoms with Crippen LogP contribution in [0.1, 0.15) is 32.6 Å². The topological polar surface area (TPSA) is 47.6 Å². The summed E-state index contributed by atoms with van der Waals surface area (Å²) in [5.74, 6) is 0.204. The van der Waals surface area contributed by atoms with Gasteiger partial charge in [-0.2, -0.15) is 0 Å². The number of halogens is 2. The fraction of sp³-hybridized carbons (Fsp3) is 0.875. The van der Waals surface area contributed by atoms with Crippen molar-refractivity contribution in [3.05, 3.63) is 6.04 Å². The molecule has 1 fully saturated rings. The molecule has 0 aliphatic carbocycles. The first-order valence-corrected chi connectivity index (χ1v) is 8.29. The Balaban J connectivity index is -0.00000147. The van der Waals surface area contributed by atoms with Gasteiger partial charge in [-0.1, -0.05) is 0 Å². The predicted molar refractivity (Wildman–Crippen MR) is 88.3 cm³/mol. The fourth-order valence-corrected chi connectivity index (χ4v) is 2.73. The number of carbonyl (C=O) groups excluding carboxylic acids is 1. The molecule has 1 aliphatic heterocycles. The van der Waals surface area contributed by atoms with Crippen LogP contribution in [0, 0.1) is 6.04 Å². The van der Waals surface area contributed by atoms with Gasteiger partial charge >= 0.3 is 21.7 Å². The second-order valence-electron chi connectivity index (χ2n) is 6.04. The number of nitrogens with zero attached hydrogens (tertiary/aromatic N) is 2. The van der Waals surface area contributed by atoms with Gasteiger partial charge in [-0.3, -0.25) is 0 Å². The maximum absolute atomic E-state index is 11.8. The first kappa shape index (κ1) is 29.4. The molecule has 1 heterocycles. The monoisotopic (exact) mass is 415 g/mol. The SMILES string of the molecule is CC(=O)[C-]1CCNCCCNCCCN(C)CCCN1C.[Cl-].[Cl-].[Ti+3]. The molecule has 0 spiro atoms. The maximum atomic E-state index is 11.8. The quantitative estimate of drug-likeness (QED) is 0.331. The van der Waals surface area contributed by atoms with Gasteiger partial charge in [0.2, 0.25) is 0 Å². The van der Waals surface area contributed by atoms with Crippen LogP contribution in [0.2, 0.25) is 0 Å². The molecule has 0 aromatic rings. The molecule has 141 valence electrons. The standard InChI is InChI=1S/C16H33N4O.2ClH.Ti/c1-15(21)16-7-11-18-9-4-8-17-10-5-12-19(2)13-6-14-20(16)3;;;/h17-18H,4-14H2,1-3H3;2*1H;/q-1;;;+3/p-2. The van der Waals surface area contributed by atoms with Gasteiger partial charge in [-0.15, -0.1) is 6.42 Å². The van der Waals surface area contributed by atoms with Crippen molar-refractivity contribution in [2.24, 2.45) is 0 Å². The second-order valence-corrected chi connectivity index (χ2v) is 6.04. The van der Waals surface area contributed by atoms with Gasteiger partial charge in [0.1, 0.15) is 0 Å². The van der Waals surface area contributed by atoms with E-state index in [2.05, 4.69) is 27.5 Å². The van der Waals surface area contributed by atoms with Crippen molar-refractivity contribution in [3.8, 4) is 0 Å². The molecular weight excluding hydrogens is 383 g/mol. The van der Waals surface area contributed by atoms with E-state index in [4.69, 9.17) is 0 Å². The molecule has 1 saturated heterocycles.